The zero-order valence-corrected chi connectivity index (χ0v) is 12.6. The van der Waals surface area contributed by atoms with Gasteiger partial charge in [-0.1, -0.05) is 39.0 Å². The fraction of sp³-hybridized carbons (Fsp3) is 0.562. The number of rotatable bonds is 5. The molecule has 1 rings (SSSR count). The van der Waals surface area contributed by atoms with Gasteiger partial charge in [0.2, 0.25) is 0 Å². The Hall–Kier alpha value is -1.35. The Bertz CT molecular complexity index is 447. The molecule has 0 radical (unpaired) electrons. The summed E-state index contributed by atoms with van der Waals surface area (Å²) >= 11 is 0. The molecule has 19 heavy (non-hydrogen) atoms. The average molecular weight is 263 g/mol. The van der Waals surface area contributed by atoms with Crippen molar-refractivity contribution in [1.82, 2.24) is 5.32 Å². The summed E-state index contributed by atoms with van der Waals surface area (Å²) in [6.45, 7) is 8.64. The van der Waals surface area contributed by atoms with E-state index >= 15 is 0 Å². The van der Waals surface area contributed by atoms with Crippen LogP contribution in [0.4, 0.5) is 0 Å². The minimum atomic E-state index is -0.745. The second kappa shape index (κ2) is 6.20. The van der Waals surface area contributed by atoms with Crippen molar-refractivity contribution in [3.05, 3.63) is 34.9 Å². The molecule has 0 saturated heterocycles. The average Bonchev–Trinajstić information content (AvgIpc) is 2.30. The lowest BCUT2D eigenvalue weighted by atomic mass is 9.84. The highest BCUT2D eigenvalue weighted by Crippen LogP contribution is 2.29. The van der Waals surface area contributed by atoms with Crippen LogP contribution in [0.1, 0.15) is 56.3 Å². The zero-order chi connectivity index (χ0) is 14.6. The number of aryl methyl sites for hydroxylation is 1. The van der Waals surface area contributed by atoms with Crippen LogP contribution < -0.4 is 5.32 Å². The standard InChI is InChI=1S/C16H25NO2/c1-11-6-7-12(16(2,3)4)10-13(11)14(17-5)8-9-15(18)19/h6-7,10,14,17H,8-9H2,1-5H3,(H,18,19). The molecule has 0 fully saturated rings. The van der Waals surface area contributed by atoms with Crippen LogP contribution in [0, 0.1) is 6.92 Å². The molecular formula is C16H25NO2. The molecule has 1 aromatic rings. The Labute approximate surface area is 116 Å². The van der Waals surface area contributed by atoms with Gasteiger partial charge in [0, 0.05) is 12.5 Å². The molecule has 3 nitrogen and oxygen atoms in total. The van der Waals surface area contributed by atoms with Crippen LogP contribution in [0.25, 0.3) is 0 Å². The zero-order valence-electron chi connectivity index (χ0n) is 12.6. The van der Waals surface area contributed by atoms with Crippen LogP contribution in [-0.4, -0.2) is 18.1 Å². The van der Waals surface area contributed by atoms with Crippen LogP contribution in [0.3, 0.4) is 0 Å². The Morgan fingerprint density at radius 2 is 2.00 bits per heavy atom. The van der Waals surface area contributed by atoms with Crippen LogP contribution in [0.2, 0.25) is 0 Å². The fourth-order valence-corrected chi connectivity index (χ4v) is 2.21. The number of carboxylic acid groups (broad SMARTS) is 1. The predicted octanol–water partition coefficient (Wildman–Crippen LogP) is 3.42. The number of benzene rings is 1. The van der Waals surface area contributed by atoms with E-state index in [4.69, 9.17) is 5.11 Å². The van der Waals surface area contributed by atoms with Crippen molar-refractivity contribution in [1.29, 1.82) is 0 Å². The summed E-state index contributed by atoms with van der Waals surface area (Å²) in [5, 5.41) is 12.1. The highest BCUT2D eigenvalue weighted by Gasteiger charge is 2.18. The van der Waals surface area contributed by atoms with E-state index in [1.807, 2.05) is 7.05 Å². The lowest BCUT2D eigenvalue weighted by molar-refractivity contribution is -0.137. The molecule has 0 aliphatic rings. The van der Waals surface area contributed by atoms with Gasteiger partial charge in [-0.15, -0.1) is 0 Å². The van der Waals surface area contributed by atoms with Gasteiger partial charge in [-0.2, -0.15) is 0 Å². The summed E-state index contributed by atoms with van der Waals surface area (Å²) in [4.78, 5) is 10.7. The van der Waals surface area contributed by atoms with E-state index in [0.29, 0.717) is 6.42 Å². The number of aliphatic carboxylic acids is 1. The van der Waals surface area contributed by atoms with Crippen molar-refractivity contribution in [3.8, 4) is 0 Å². The van der Waals surface area contributed by atoms with Gasteiger partial charge in [-0.3, -0.25) is 4.79 Å². The third kappa shape index (κ3) is 4.35. The molecule has 106 valence electrons. The molecule has 2 N–H and O–H groups in total. The minimum Gasteiger partial charge on any atom is -0.481 e. The van der Waals surface area contributed by atoms with Gasteiger partial charge < -0.3 is 10.4 Å². The van der Waals surface area contributed by atoms with Gasteiger partial charge >= 0.3 is 5.97 Å². The molecule has 0 bridgehead atoms. The van der Waals surface area contributed by atoms with E-state index in [2.05, 4.69) is 51.2 Å². The lowest BCUT2D eigenvalue weighted by Crippen LogP contribution is -2.20. The molecule has 1 aromatic carbocycles. The fourth-order valence-electron chi connectivity index (χ4n) is 2.21. The van der Waals surface area contributed by atoms with E-state index in [1.165, 1.54) is 16.7 Å². The maximum Gasteiger partial charge on any atom is 0.303 e. The number of hydrogen-bond donors (Lipinski definition) is 2. The molecule has 0 saturated carbocycles. The molecular weight excluding hydrogens is 238 g/mol. The minimum absolute atomic E-state index is 0.0957. The number of carboxylic acids is 1. The van der Waals surface area contributed by atoms with E-state index in [-0.39, 0.29) is 17.9 Å². The second-order valence-corrected chi connectivity index (χ2v) is 6.10. The highest BCUT2D eigenvalue weighted by atomic mass is 16.4. The van der Waals surface area contributed by atoms with Gasteiger partial charge in [0.15, 0.2) is 0 Å². The molecule has 0 aliphatic heterocycles. The van der Waals surface area contributed by atoms with Crippen LogP contribution in [0.5, 0.6) is 0 Å². The summed E-state index contributed by atoms with van der Waals surface area (Å²) < 4.78 is 0. The van der Waals surface area contributed by atoms with Gasteiger partial charge in [0.05, 0.1) is 0 Å². The van der Waals surface area contributed by atoms with E-state index in [0.717, 1.165) is 0 Å². The molecule has 0 heterocycles. The summed E-state index contributed by atoms with van der Waals surface area (Å²) in [6, 6.07) is 6.58. The van der Waals surface area contributed by atoms with E-state index in [1.54, 1.807) is 0 Å². The first-order valence-electron chi connectivity index (χ1n) is 6.75. The third-order valence-electron chi connectivity index (χ3n) is 3.52. The molecule has 0 aliphatic carbocycles. The first-order valence-corrected chi connectivity index (χ1v) is 6.75. The second-order valence-electron chi connectivity index (χ2n) is 6.10. The van der Waals surface area contributed by atoms with E-state index in [9.17, 15) is 4.79 Å². The highest BCUT2D eigenvalue weighted by molar-refractivity contribution is 5.66. The maximum absolute atomic E-state index is 10.7. The first kappa shape index (κ1) is 15.7. The quantitative estimate of drug-likeness (QED) is 0.855. The Morgan fingerprint density at radius 1 is 1.37 bits per heavy atom. The van der Waals surface area contributed by atoms with Crippen molar-refractivity contribution in [2.45, 2.75) is 52.0 Å². The summed E-state index contributed by atoms with van der Waals surface area (Å²) in [6.07, 6.45) is 0.797. The van der Waals surface area contributed by atoms with Crippen LogP contribution >= 0.6 is 0 Å². The van der Waals surface area contributed by atoms with Crippen LogP contribution in [-0.2, 0) is 10.2 Å². The van der Waals surface area contributed by atoms with Crippen molar-refractivity contribution in [2.24, 2.45) is 0 Å². The molecule has 0 spiro atoms. The van der Waals surface area contributed by atoms with Crippen LogP contribution in [0.15, 0.2) is 18.2 Å². The van der Waals surface area contributed by atoms with Crippen molar-refractivity contribution < 1.29 is 9.90 Å². The summed E-state index contributed by atoms with van der Waals surface area (Å²) in [5.41, 5.74) is 3.80. The van der Waals surface area contributed by atoms with E-state index < -0.39 is 5.97 Å². The monoisotopic (exact) mass is 263 g/mol. The largest absolute Gasteiger partial charge is 0.481 e. The predicted molar refractivity (Wildman–Crippen MR) is 78.5 cm³/mol. The number of nitrogens with one attached hydrogen (secondary N) is 1. The van der Waals surface area contributed by atoms with Crippen molar-refractivity contribution in [3.63, 3.8) is 0 Å². The van der Waals surface area contributed by atoms with Crippen molar-refractivity contribution >= 4 is 5.97 Å². The number of hydrogen-bond acceptors (Lipinski definition) is 2. The first-order chi connectivity index (χ1) is 8.75. The van der Waals surface area contributed by atoms with Gasteiger partial charge in [-0.05, 0) is 42.5 Å². The molecule has 0 amide bonds. The Balaban J connectivity index is 3.05. The smallest absolute Gasteiger partial charge is 0.303 e. The Kier molecular flexibility index (Phi) is 5.12. The normalized spacial score (nSPS) is 13.3. The summed E-state index contributed by atoms with van der Waals surface area (Å²) in [5.74, 6) is -0.745. The molecule has 1 unspecified atom stereocenters. The van der Waals surface area contributed by atoms with Gasteiger partial charge in [0.1, 0.15) is 0 Å². The number of carbonyl (C=O) groups is 1. The lowest BCUT2D eigenvalue weighted by Gasteiger charge is -2.24. The molecule has 0 aromatic heterocycles. The molecule has 1 atom stereocenters. The Morgan fingerprint density at radius 3 is 2.47 bits per heavy atom. The van der Waals surface area contributed by atoms with Crippen molar-refractivity contribution in [2.75, 3.05) is 7.05 Å². The summed E-state index contributed by atoms with van der Waals surface area (Å²) in [7, 11) is 1.88. The van der Waals surface area contributed by atoms with Gasteiger partial charge in [0.25, 0.3) is 0 Å². The SMILES string of the molecule is CNC(CCC(=O)O)c1cc(C(C)(C)C)ccc1C. The van der Waals surface area contributed by atoms with Gasteiger partial charge in [-0.25, -0.2) is 0 Å². The topological polar surface area (TPSA) is 49.3 Å². The third-order valence-corrected chi connectivity index (χ3v) is 3.52. The molecule has 3 heteroatoms. The maximum atomic E-state index is 10.7.